The predicted molar refractivity (Wildman–Crippen MR) is 123 cm³/mol. The molecular formula is C26H28F4N2O4. The average Bonchev–Trinajstić information content (AvgIpc) is 3.27. The third kappa shape index (κ3) is 5.91. The lowest BCUT2D eigenvalue weighted by atomic mass is 9.97. The number of halogens is 4. The van der Waals surface area contributed by atoms with Gasteiger partial charge in [-0.1, -0.05) is 6.07 Å². The van der Waals surface area contributed by atoms with Crippen LogP contribution >= 0.6 is 0 Å². The van der Waals surface area contributed by atoms with Crippen LogP contribution in [0.3, 0.4) is 0 Å². The first-order chi connectivity index (χ1) is 16.8. The maximum Gasteiger partial charge on any atom is 0.419 e. The van der Waals surface area contributed by atoms with E-state index in [4.69, 9.17) is 9.47 Å². The largest absolute Gasteiger partial charge is 0.457 e. The van der Waals surface area contributed by atoms with Gasteiger partial charge in [0.1, 0.15) is 22.9 Å². The lowest BCUT2D eigenvalue weighted by Gasteiger charge is -2.31. The van der Waals surface area contributed by atoms with Gasteiger partial charge in [0.2, 0.25) is 5.91 Å². The van der Waals surface area contributed by atoms with Crippen LogP contribution in [0.2, 0.25) is 0 Å². The second-order valence-corrected chi connectivity index (χ2v) is 10.1. The van der Waals surface area contributed by atoms with Crippen LogP contribution in [0.5, 0.6) is 11.5 Å². The smallest absolute Gasteiger partial charge is 0.419 e. The topological polar surface area (TPSA) is 59.1 Å². The van der Waals surface area contributed by atoms with E-state index in [-0.39, 0.29) is 17.6 Å². The summed E-state index contributed by atoms with van der Waals surface area (Å²) in [6.45, 7) is 7.02. The van der Waals surface area contributed by atoms with Crippen molar-refractivity contribution in [2.75, 3.05) is 19.6 Å². The molecule has 2 aromatic rings. The van der Waals surface area contributed by atoms with E-state index in [1.807, 2.05) is 6.07 Å². The maximum absolute atomic E-state index is 13.9. The van der Waals surface area contributed by atoms with E-state index in [0.29, 0.717) is 56.9 Å². The summed E-state index contributed by atoms with van der Waals surface area (Å²) in [5.41, 5.74) is -0.0818. The third-order valence-corrected chi connectivity index (χ3v) is 6.17. The Hall–Kier alpha value is -3.30. The van der Waals surface area contributed by atoms with Gasteiger partial charge in [-0.2, -0.15) is 13.2 Å². The van der Waals surface area contributed by atoms with Crippen molar-refractivity contribution in [2.24, 2.45) is 5.92 Å². The van der Waals surface area contributed by atoms with Crippen molar-refractivity contribution in [2.45, 2.75) is 51.9 Å². The van der Waals surface area contributed by atoms with Crippen molar-refractivity contribution in [1.82, 2.24) is 9.80 Å². The SMILES string of the molecule is CC(C)(C)OC(=O)N1CCC(C(=O)N2CCc3ccc(Oc4ccc(C(F)(F)F)c(F)c4)cc3C2)C1. The number of hydrogen-bond donors (Lipinski definition) is 0. The molecule has 194 valence electrons. The summed E-state index contributed by atoms with van der Waals surface area (Å²) in [5.74, 6) is -1.49. The van der Waals surface area contributed by atoms with Crippen molar-refractivity contribution in [1.29, 1.82) is 0 Å². The first-order valence-corrected chi connectivity index (χ1v) is 11.7. The number of likely N-dealkylation sites (tertiary alicyclic amines) is 1. The molecule has 10 heteroatoms. The molecule has 6 nitrogen and oxygen atoms in total. The lowest BCUT2D eigenvalue weighted by molar-refractivity contribution is -0.140. The van der Waals surface area contributed by atoms with Crippen LogP contribution in [0.25, 0.3) is 0 Å². The lowest BCUT2D eigenvalue weighted by Crippen LogP contribution is -2.41. The predicted octanol–water partition coefficient (Wildman–Crippen LogP) is 5.78. The summed E-state index contributed by atoms with van der Waals surface area (Å²) in [4.78, 5) is 28.8. The van der Waals surface area contributed by atoms with Gasteiger partial charge in [-0.25, -0.2) is 9.18 Å². The van der Waals surface area contributed by atoms with Gasteiger partial charge in [-0.3, -0.25) is 4.79 Å². The summed E-state index contributed by atoms with van der Waals surface area (Å²) in [6, 6.07) is 7.64. The highest BCUT2D eigenvalue weighted by atomic mass is 19.4. The molecule has 2 heterocycles. The van der Waals surface area contributed by atoms with Crippen molar-refractivity contribution >= 4 is 12.0 Å². The highest BCUT2D eigenvalue weighted by Gasteiger charge is 2.36. The van der Waals surface area contributed by atoms with Gasteiger partial charge in [0.25, 0.3) is 0 Å². The number of alkyl halides is 3. The summed E-state index contributed by atoms with van der Waals surface area (Å²) in [7, 11) is 0. The standard InChI is InChI=1S/C26H28F4N2O4/c1-25(2,3)36-24(34)32-11-9-17(14-32)23(33)31-10-8-16-4-5-19(12-18(16)15-31)35-20-6-7-21(22(27)13-20)26(28,29)30/h4-7,12-13,17H,8-11,14-15H2,1-3H3. The minimum atomic E-state index is -4.78. The Labute approximate surface area is 206 Å². The van der Waals surface area contributed by atoms with E-state index in [1.165, 1.54) is 0 Å². The molecule has 1 fully saturated rings. The maximum atomic E-state index is 13.9. The zero-order valence-electron chi connectivity index (χ0n) is 20.3. The number of nitrogens with zero attached hydrogens (tertiary/aromatic N) is 2. The molecule has 0 bridgehead atoms. The quantitative estimate of drug-likeness (QED) is 0.494. The molecular weight excluding hydrogens is 480 g/mol. The number of carbonyl (C=O) groups excluding carboxylic acids is 2. The normalized spacial score (nSPS) is 18.1. The molecule has 2 aromatic carbocycles. The van der Waals surface area contributed by atoms with Crippen LogP contribution in [0.1, 0.15) is 43.9 Å². The molecule has 1 atom stereocenters. The van der Waals surface area contributed by atoms with E-state index in [0.717, 1.165) is 17.2 Å². The van der Waals surface area contributed by atoms with Crippen LogP contribution < -0.4 is 4.74 Å². The number of benzene rings is 2. The fourth-order valence-corrected chi connectivity index (χ4v) is 4.42. The molecule has 1 unspecified atom stereocenters. The molecule has 0 aliphatic carbocycles. The van der Waals surface area contributed by atoms with Crippen LogP contribution in [0.15, 0.2) is 36.4 Å². The minimum Gasteiger partial charge on any atom is -0.457 e. The Balaban J connectivity index is 1.40. The number of ether oxygens (including phenoxy) is 2. The fourth-order valence-electron chi connectivity index (χ4n) is 4.42. The third-order valence-electron chi connectivity index (χ3n) is 6.17. The van der Waals surface area contributed by atoms with Crippen molar-refractivity contribution in [3.63, 3.8) is 0 Å². The molecule has 0 N–H and O–H groups in total. The van der Waals surface area contributed by atoms with Crippen LogP contribution in [0, 0.1) is 11.7 Å². The number of carbonyl (C=O) groups is 2. The van der Waals surface area contributed by atoms with Gasteiger partial charge in [-0.15, -0.1) is 0 Å². The summed E-state index contributed by atoms with van der Waals surface area (Å²) in [5, 5.41) is 0. The van der Waals surface area contributed by atoms with Gasteiger partial charge in [0.05, 0.1) is 11.5 Å². The van der Waals surface area contributed by atoms with Gasteiger partial charge in [-0.05, 0) is 69.0 Å². The van der Waals surface area contributed by atoms with Gasteiger partial charge in [0.15, 0.2) is 0 Å². The molecule has 1 saturated heterocycles. The van der Waals surface area contributed by atoms with Crippen LogP contribution in [-0.2, 0) is 28.7 Å². The number of fused-ring (bicyclic) bond motifs is 1. The number of hydrogen-bond acceptors (Lipinski definition) is 4. The van der Waals surface area contributed by atoms with Crippen molar-refractivity contribution in [3.05, 3.63) is 58.9 Å². The first kappa shape index (κ1) is 25.8. The highest BCUT2D eigenvalue weighted by molar-refractivity contribution is 5.81. The Kier molecular flexibility index (Phi) is 6.90. The molecule has 0 spiro atoms. The molecule has 2 aliphatic rings. The molecule has 0 radical (unpaired) electrons. The molecule has 4 rings (SSSR count). The summed E-state index contributed by atoms with van der Waals surface area (Å²) < 4.78 is 63.3. The molecule has 2 amide bonds. The second-order valence-electron chi connectivity index (χ2n) is 10.1. The Morgan fingerprint density at radius 1 is 0.944 bits per heavy atom. The zero-order valence-corrected chi connectivity index (χ0v) is 20.3. The fraction of sp³-hybridized carbons (Fsp3) is 0.462. The monoisotopic (exact) mass is 508 g/mol. The summed E-state index contributed by atoms with van der Waals surface area (Å²) >= 11 is 0. The van der Waals surface area contributed by atoms with Crippen molar-refractivity contribution in [3.8, 4) is 11.5 Å². The Bertz CT molecular complexity index is 1160. The molecule has 36 heavy (non-hydrogen) atoms. The van der Waals surface area contributed by atoms with Gasteiger partial charge >= 0.3 is 12.3 Å². The average molecular weight is 509 g/mol. The van der Waals surface area contributed by atoms with E-state index in [9.17, 15) is 27.2 Å². The molecule has 0 saturated carbocycles. The Morgan fingerprint density at radius 3 is 2.31 bits per heavy atom. The van der Waals surface area contributed by atoms with Gasteiger partial charge < -0.3 is 19.3 Å². The second kappa shape index (κ2) is 9.63. The number of rotatable bonds is 3. The van der Waals surface area contributed by atoms with Crippen LogP contribution in [0.4, 0.5) is 22.4 Å². The van der Waals surface area contributed by atoms with E-state index < -0.39 is 29.3 Å². The highest BCUT2D eigenvalue weighted by Crippen LogP contribution is 2.35. The Morgan fingerprint density at radius 2 is 1.64 bits per heavy atom. The summed E-state index contributed by atoms with van der Waals surface area (Å²) in [6.07, 6.45) is -4.01. The van der Waals surface area contributed by atoms with E-state index in [2.05, 4.69) is 0 Å². The van der Waals surface area contributed by atoms with Crippen LogP contribution in [-0.4, -0.2) is 47.0 Å². The minimum absolute atomic E-state index is 0.0390. The van der Waals surface area contributed by atoms with Crippen molar-refractivity contribution < 1.29 is 36.6 Å². The van der Waals surface area contributed by atoms with E-state index in [1.54, 1.807) is 42.7 Å². The zero-order chi connectivity index (χ0) is 26.3. The van der Waals surface area contributed by atoms with E-state index >= 15 is 0 Å². The molecule has 2 aliphatic heterocycles. The molecule has 0 aromatic heterocycles. The van der Waals surface area contributed by atoms with Gasteiger partial charge in [0, 0.05) is 32.2 Å². The first-order valence-electron chi connectivity index (χ1n) is 11.7. The number of amides is 2.